The predicted molar refractivity (Wildman–Crippen MR) is 97.2 cm³/mol. The molecule has 0 spiro atoms. The van der Waals surface area contributed by atoms with E-state index in [2.05, 4.69) is 42.1 Å². The summed E-state index contributed by atoms with van der Waals surface area (Å²) < 4.78 is 1.99. The summed E-state index contributed by atoms with van der Waals surface area (Å²) >= 11 is 20.6. The van der Waals surface area contributed by atoms with Crippen molar-refractivity contribution < 1.29 is 0 Å². The number of halogens is 4. The highest BCUT2D eigenvalue weighted by atomic mass is 79.9. The maximum absolute atomic E-state index is 6.10. The molecule has 2 heterocycles. The largest absolute Gasteiger partial charge is 0.382 e. The molecule has 3 nitrogen and oxygen atoms in total. The molecule has 0 aliphatic rings. The molecule has 0 bridgehead atoms. The summed E-state index contributed by atoms with van der Waals surface area (Å²) in [4.78, 5) is 1.01. The average Bonchev–Trinajstić information content (AvgIpc) is 2.97. The van der Waals surface area contributed by atoms with Crippen LogP contribution in [0, 0.1) is 0 Å². The number of hydrogen-bond donors (Lipinski definition) is 2. The van der Waals surface area contributed by atoms with Crippen molar-refractivity contribution in [3.8, 4) is 21.7 Å². The Morgan fingerprint density at radius 3 is 2.52 bits per heavy atom. The van der Waals surface area contributed by atoms with Gasteiger partial charge in [-0.25, -0.2) is 0 Å². The third kappa shape index (κ3) is 2.87. The Labute approximate surface area is 151 Å². The lowest BCUT2D eigenvalue weighted by Gasteiger charge is -2.04. The van der Waals surface area contributed by atoms with Gasteiger partial charge in [0.05, 0.1) is 30.0 Å². The van der Waals surface area contributed by atoms with E-state index in [1.807, 2.05) is 12.1 Å². The van der Waals surface area contributed by atoms with Gasteiger partial charge in [-0.1, -0.05) is 29.3 Å². The third-order valence-electron chi connectivity index (χ3n) is 2.89. The SMILES string of the molecule is Nc1n[nH]c(-c2cc(Br)c(Br)s2)c1-c1ccc(Cl)c(Cl)c1. The van der Waals surface area contributed by atoms with Crippen LogP contribution in [0.15, 0.2) is 32.5 Å². The number of benzene rings is 1. The van der Waals surface area contributed by atoms with E-state index in [4.69, 9.17) is 28.9 Å². The van der Waals surface area contributed by atoms with E-state index in [1.54, 1.807) is 23.5 Å². The minimum Gasteiger partial charge on any atom is -0.382 e. The summed E-state index contributed by atoms with van der Waals surface area (Å²) in [7, 11) is 0. The molecule has 3 rings (SSSR count). The molecule has 8 heteroatoms. The van der Waals surface area contributed by atoms with Gasteiger partial charge in [-0.2, -0.15) is 5.10 Å². The highest BCUT2D eigenvalue weighted by Gasteiger charge is 2.18. The lowest BCUT2D eigenvalue weighted by atomic mass is 10.0. The van der Waals surface area contributed by atoms with E-state index in [9.17, 15) is 0 Å². The fourth-order valence-electron chi connectivity index (χ4n) is 1.95. The van der Waals surface area contributed by atoms with Crippen molar-refractivity contribution in [3.63, 3.8) is 0 Å². The normalized spacial score (nSPS) is 11.0. The molecular weight excluding hydrogens is 461 g/mol. The zero-order valence-electron chi connectivity index (χ0n) is 10.3. The van der Waals surface area contributed by atoms with Gasteiger partial charge in [0.15, 0.2) is 5.82 Å². The van der Waals surface area contributed by atoms with Crippen LogP contribution in [0.25, 0.3) is 21.7 Å². The van der Waals surface area contributed by atoms with Crippen LogP contribution in [-0.4, -0.2) is 10.2 Å². The Bertz CT molecular complexity index is 809. The van der Waals surface area contributed by atoms with Crippen molar-refractivity contribution in [2.75, 3.05) is 5.73 Å². The molecule has 3 N–H and O–H groups in total. The summed E-state index contributed by atoms with van der Waals surface area (Å²) in [6.07, 6.45) is 0. The predicted octanol–water partition coefficient (Wildman–Crippen LogP) is 6.22. The number of thiophene rings is 1. The zero-order chi connectivity index (χ0) is 15.1. The Kier molecular flexibility index (Phi) is 4.34. The van der Waals surface area contributed by atoms with Crippen molar-refractivity contribution in [1.29, 1.82) is 0 Å². The second kappa shape index (κ2) is 5.93. The highest BCUT2D eigenvalue weighted by molar-refractivity contribution is 9.13. The van der Waals surface area contributed by atoms with Crippen molar-refractivity contribution in [3.05, 3.63) is 42.6 Å². The highest BCUT2D eigenvalue weighted by Crippen LogP contribution is 2.43. The maximum atomic E-state index is 6.10. The van der Waals surface area contributed by atoms with Crippen molar-refractivity contribution in [2.45, 2.75) is 0 Å². The molecule has 0 fully saturated rings. The third-order valence-corrected chi connectivity index (χ3v) is 6.91. The number of H-pyrrole nitrogens is 1. The zero-order valence-corrected chi connectivity index (χ0v) is 15.8. The van der Waals surface area contributed by atoms with Gasteiger partial charge < -0.3 is 5.73 Å². The summed E-state index contributed by atoms with van der Waals surface area (Å²) in [5.41, 5.74) is 8.54. The van der Waals surface area contributed by atoms with Crippen LogP contribution in [0.3, 0.4) is 0 Å². The monoisotopic (exact) mass is 465 g/mol. The Morgan fingerprint density at radius 1 is 1.14 bits per heavy atom. The fraction of sp³-hybridized carbons (Fsp3) is 0. The van der Waals surface area contributed by atoms with Gasteiger partial charge in [-0.05, 0) is 55.6 Å². The lowest BCUT2D eigenvalue weighted by Crippen LogP contribution is -1.88. The summed E-state index contributed by atoms with van der Waals surface area (Å²) in [6, 6.07) is 7.40. The smallest absolute Gasteiger partial charge is 0.153 e. The van der Waals surface area contributed by atoms with Gasteiger partial charge >= 0.3 is 0 Å². The van der Waals surface area contributed by atoms with Crippen molar-refractivity contribution in [2.24, 2.45) is 0 Å². The summed E-state index contributed by atoms with van der Waals surface area (Å²) in [6.45, 7) is 0. The topological polar surface area (TPSA) is 54.7 Å². The van der Waals surface area contributed by atoms with Crippen molar-refractivity contribution in [1.82, 2.24) is 10.2 Å². The van der Waals surface area contributed by atoms with E-state index in [-0.39, 0.29) is 0 Å². The molecule has 0 atom stereocenters. The van der Waals surface area contributed by atoms with Crippen LogP contribution in [-0.2, 0) is 0 Å². The van der Waals surface area contributed by atoms with Gasteiger partial charge in [0.25, 0.3) is 0 Å². The van der Waals surface area contributed by atoms with Crippen LogP contribution >= 0.6 is 66.4 Å². The van der Waals surface area contributed by atoms with E-state index < -0.39 is 0 Å². The van der Waals surface area contributed by atoms with Crippen LogP contribution < -0.4 is 5.73 Å². The molecule has 0 amide bonds. The fourth-order valence-corrected chi connectivity index (χ4v) is 4.28. The summed E-state index contributed by atoms with van der Waals surface area (Å²) in [5, 5.41) is 8.08. The van der Waals surface area contributed by atoms with Gasteiger partial charge in [-0.15, -0.1) is 11.3 Å². The number of nitrogens with zero attached hydrogens (tertiary/aromatic N) is 1. The second-order valence-corrected chi connectivity index (χ2v) is 8.26. The number of aromatic amines is 1. The Morgan fingerprint density at radius 2 is 1.90 bits per heavy atom. The molecule has 0 aliphatic carbocycles. The van der Waals surface area contributed by atoms with Gasteiger partial charge in [0, 0.05) is 4.47 Å². The van der Waals surface area contributed by atoms with Crippen molar-refractivity contribution >= 4 is 72.2 Å². The number of aromatic nitrogens is 2. The quantitative estimate of drug-likeness (QED) is 0.470. The second-order valence-electron chi connectivity index (χ2n) is 4.22. The minimum absolute atomic E-state index is 0.420. The van der Waals surface area contributed by atoms with Gasteiger partial charge in [-0.3, -0.25) is 5.10 Å². The molecule has 0 unspecified atom stereocenters. The number of nitrogens with one attached hydrogen (secondary N) is 1. The van der Waals surface area contributed by atoms with Crippen LogP contribution in [0.2, 0.25) is 10.0 Å². The van der Waals surface area contributed by atoms with Crippen LogP contribution in [0.5, 0.6) is 0 Å². The molecule has 0 saturated carbocycles. The number of anilines is 1. The molecule has 108 valence electrons. The van der Waals surface area contributed by atoms with E-state index >= 15 is 0 Å². The molecule has 21 heavy (non-hydrogen) atoms. The van der Waals surface area contributed by atoms with Gasteiger partial charge in [0.2, 0.25) is 0 Å². The molecule has 0 saturated heterocycles. The van der Waals surface area contributed by atoms with E-state index in [1.165, 1.54) is 0 Å². The van der Waals surface area contributed by atoms with E-state index in [0.717, 1.165) is 30.0 Å². The molecule has 1 aromatic carbocycles. The van der Waals surface area contributed by atoms with E-state index in [0.29, 0.717) is 15.9 Å². The average molecular weight is 468 g/mol. The Hall–Kier alpha value is -0.530. The first kappa shape index (κ1) is 15.4. The molecule has 2 aromatic heterocycles. The Balaban J connectivity index is 2.19. The number of nitrogens with two attached hydrogens (primary N) is 1. The molecular formula is C13H7Br2Cl2N3S. The number of nitrogen functional groups attached to an aromatic ring is 1. The van der Waals surface area contributed by atoms with Crippen LogP contribution in [0.1, 0.15) is 0 Å². The maximum Gasteiger partial charge on any atom is 0.153 e. The lowest BCUT2D eigenvalue weighted by molar-refractivity contribution is 1.11. The molecule has 0 radical (unpaired) electrons. The standard InChI is InChI=1S/C13H7Br2Cl2N3S/c14-6-4-9(21-12(6)15)11-10(13(18)20-19-11)5-1-2-7(16)8(17)3-5/h1-4H,(H3,18,19,20). The number of rotatable bonds is 2. The first-order chi connectivity index (χ1) is 9.97. The number of hydrogen-bond acceptors (Lipinski definition) is 3. The molecule has 0 aliphatic heterocycles. The summed E-state index contributed by atoms with van der Waals surface area (Å²) in [5.74, 6) is 0.420. The first-order valence-electron chi connectivity index (χ1n) is 5.72. The first-order valence-corrected chi connectivity index (χ1v) is 8.87. The minimum atomic E-state index is 0.420. The van der Waals surface area contributed by atoms with Crippen LogP contribution in [0.4, 0.5) is 5.82 Å². The van der Waals surface area contributed by atoms with Gasteiger partial charge in [0.1, 0.15) is 0 Å². The molecule has 3 aromatic rings.